The highest BCUT2D eigenvalue weighted by molar-refractivity contribution is 6.03. The lowest BCUT2D eigenvalue weighted by Gasteiger charge is -2.35. The number of rotatable bonds is 7. The molecule has 4 unspecified atom stereocenters. The maximum Gasteiger partial charge on any atom is 0.319 e. The molecule has 4 fully saturated rings. The minimum atomic E-state index is -0.725. The highest BCUT2D eigenvalue weighted by atomic mass is 19.1. The first kappa shape index (κ1) is 30.0. The highest BCUT2D eigenvalue weighted by Crippen LogP contribution is 2.45. The number of nitrogens with one attached hydrogen (secondary N) is 2. The van der Waals surface area contributed by atoms with Gasteiger partial charge in [-0.15, -0.1) is 6.42 Å². The van der Waals surface area contributed by atoms with Crippen LogP contribution in [-0.2, 0) is 0 Å². The number of benzene rings is 2. The van der Waals surface area contributed by atoms with Gasteiger partial charge in [-0.05, 0) is 62.7 Å². The molecular weight excluding hydrogens is 600 g/mol. The van der Waals surface area contributed by atoms with Gasteiger partial charge in [0, 0.05) is 61.5 Å². The largest absolute Gasteiger partial charge is 0.508 e. The number of fused-ring (bicyclic) bond motifs is 5. The normalized spacial score (nSPS) is 25.5. The molecule has 2 aromatic heterocycles. The van der Waals surface area contributed by atoms with Gasteiger partial charge in [0.15, 0.2) is 5.82 Å². The Hall–Kier alpha value is -4.37. The van der Waals surface area contributed by atoms with Crippen molar-refractivity contribution in [1.29, 1.82) is 0 Å². The van der Waals surface area contributed by atoms with Crippen LogP contribution in [0, 0.1) is 24.0 Å². The van der Waals surface area contributed by atoms with E-state index in [1.807, 2.05) is 7.05 Å². The van der Waals surface area contributed by atoms with E-state index in [0.29, 0.717) is 46.7 Å². The maximum absolute atomic E-state index is 16.9. The van der Waals surface area contributed by atoms with E-state index >= 15 is 4.39 Å². The van der Waals surface area contributed by atoms with E-state index in [2.05, 4.69) is 42.9 Å². The number of phenolic OH excluding ortho intramolecular Hbond substituents is 1. The van der Waals surface area contributed by atoms with Crippen LogP contribution in [0.1, 0.15) is 37.7 Å². The second-order valence-corrected chi connectivity index (χ2v) is 13.5. The molecule has 0 amide bonds. The van der Waals surface area contributed by atoms with E-state index in [1.165, 1.54) is 29.8 Å². The van der Waals surface area contributed by atoms with E-state index in [-0.39, 0.29) is 39.6 Å². The molecule has 0 saturated carbocycles. The first-order valence-corrected chi connectivity index (χ1v) is 16.3. The molecule has 3 N–H and O–H groups in total. The Morgan fingerprint density at radius 3 is 2.77 bits per heavy atom. The van der Waals surface area contributed by atoms with E-state index in [1.54, 1.807) is 6.20 Å². The number of anilines is 1. The summed E-state index contributed by atoms with van der Waals surface area (Å²) in [5.41, 5.74) is 1.05. The van der Waals surface area contributed by atoms with Crippen LogP contribution in [0.4, 0.5) is 14.6 Å². The van der Waals surface area contributed by atoms with Gasteiger partial charge in [0.05, 0.1) is 16.5 Å². The summed E-state index contributed by atoms with van der Waals surface area (Å²) in [4.78, 5) is 18.8. The third-order valence-electron chi connectivity index (χ3n) is 10.5. The van der Waals surface area contributed by atoms with Gasteiger partial charge < -0.3 is 25.4 Å². The number of halogens is 2. The number of terminal acetylenes is 1. The standard InChI is InChI=1S/C36H37F2N7O2/c1-4-26-29(37)8-5-21-11-25(46)12-27(30(21)26)32-31(38)33-28(15-40-32)34(44-17-22-6-7-23(18-44)41-22)43-35(42-33)47-19-36-10-9-24(14-39-3)45(36)16-20(2)13-36/h1,5,8,11-12,15,22-24,39,41,46H,2,6-7,9-10,13-14,16-19H2,3H3. The Bertz CT molecular complexity index is 1970. The molecule has 4 aliphatic heterocycles. The van der Waals surface area contributed by atoms with Crippen LogP contribution < -0.4 is 20.3 Å². The Labute approximate surface area is 272 Å². The number of nitrogens with zero attached hydrogens (tertiary/aromatic N) is 5. The monoisotopic (exact) mass is 637 g/mol. The van der Waals surface area contributed by atoms with Crippen molar-refractivity contribution >= 4 is 27.5 Å². The molecule has 2 bridgehead atoms. The molecule has 11 heteroatoms. The van der Waals surface area contributed by atoms with Crippen molar-refractivity contribution in [3.05, 3.63) is 59.8 Å². The number of phenols is 1. The fourth-order valence-electron chi connectivity index (χ4n) is 8.46. The molecule has 4 aromatic rings. The second kappa shape index (κ2) is 11.4. The number of pyridine rings is 1. The third-order valence-corrected chi connectivity index (χ3v) is 10.5. The first-order valence-electron chi connectivity index (χ1n) is 16.3. The SMILES string of the molecule is C#Cc1c(F)ccc2cc(O)cc(-c3ncc4c(N5CC6CCC(C5)N6)nc(OCC56CCC(CNC)N5CC(=C)C6)nc4c3F)c12. The maximum atomic E-state index is 16.9. The van der Waals surface area contributed by atoms with Crippen molar-refractivity contribution < 1.29 is 18.6 Å². The Balaban J connectivity index is 1.25. The molecule has 4 atom stereocenters. The number of hydrogen-bond acceptors (Lipinski definition) is 9. The summed E-state index contributed by atoms with van der Waals surface area (Å²) in [5.74, 6) is 1.50. The summed E-state index contributed by atoms with van der Waals surface area (Å²) in [6.07, 6.45) is 12.2. The number of hydrogen-bond donors (Lipinski definition) is 3. The summed E-state index contributed by atoms with van der Waals surface area (Å²) < 4.78 is 38.2. The molecule has 242 valence electrons. The van der Waals surface area contributed by atoms with Crippen molar-refractivity contribution in [3.63, 3.8) is 0 Å². The molecule has 0 radical (unpaired) electrons. The molecule has 4 aliphatic rings. The van der Waals surface area contributed by atoms with Crippen LogP contribution in [0.2, 0.25) is 0 Å². The Morgan fingerprint density at radius 1 is 1.19 bits per heavy atom. The first-order chi connectivity index (χ1) is 22.8. The number of ether oxygens (including phenoxy) is 1. The van der Waals surface area contributed by atoms with Gasteiger partial charge in [-0.3, -0.25) is 9.88 Å². The van der Waals surface area contributed by atoms with E-state index in [0.717, 1.165) is 58.3 Å². The van der Waals surface area contributed by atoms with Gasteiger partial charge in [0.1, 0.15) is 35.2 Å². The predicted molar refractivity (Wildman–Crippen MR) is 178 cm³/mol. The predicted octanol–water partition coefficient (Wildman–Crippen LogP) is 4.51. The van der Waals surface area contributed by atoms with Gasteiger partial charge in [0.25, 0.3) is 0 Å². The van der Waals surface area contributed by atoms with Crippen molar-refractivity contribution in [2.24, 2.45) is 0 Å². The molecule has 4 saturated heterocycles. The van der Waals surface area contributed by atoms with Crippen LogP contribution in [-0.4, -0.2) is 88.5 Å². The van der Waals surface area contributed by atoms with Crippen molar-refractivity contribution in [2.75, 3.05) is 44.7 Å². The summed E-state index contributed by atoms with van der Waals surface area (Å²) in [7, 11) is 1.97. The molecular formula is C36H37F2N7O2. The van der Waals surface area contributed by atoms with Crippen molar-refractivity contribution in [1.82, 2.24) is 30.5 Å². The molecule has 0 spiro atoms. The number of likely N-dealkylation sites (N-methyl/N-ethyl adjacent to an activating group) is 1. The summed E-state index contributed by atoms with van der Waals surface area (Å²) in [6, 6.07) is 6.67. The number of aromatic hydroxyl groups is 1. The van der Waals surface area contributed by atoms with Gasteiger partial charge in [0.2, 0.25) is 0 Å². The lowest BCUT2D eigenvalue weighted by molar-refractivity contribution is 0.0848. The molecule has 0 aliphatic carbocycles. The lowest BCUT2D eigenvalue weighted by atomic mass is 9.94. The van der Waals surface area contributed by atoms with Crippen molar-refractivity contribution in [3.8, 4) is 35.4 Å². The van der Waals surface area contributed by atoms with Gasteiger partial charge in [-0.25, -0.2) is 8.78 Å². The molecule has 47 heavy (non-hydrogen) atoms. The van der Waals surface area contributed by atoms with Crippen LogP contribution in [0.25, 0.3) is 32.9 Å². The van der Waals surface area contributed by atoms with E-state index < -0.39 is 11.6 Å². The minimum Gasteiger partial charge on any atom is -0.508 e. The summed E-state index contributed by atoms with van der Waals surface area (Å²) in [6.45, 7) is 7.79. The summed E-state index contributed by atoms with van der Waals surface area (Å²) in [5, 5.41) is 18.7. The molecule has 9 nitrogen and oxygen atoms in total. The molecule has 6 heterocycles. The van der Waals surface area contributed by atoms with Crippen LogP contribution in [0.3, 0.4) is 0 Å². The molecule has 8 rings (SSSR count). The van der Waals surface area contributed by atoms with Crippen LogP contribution in [0.5, 0.6) is 11.8 Å². The molecule has 2 aromatic carbocycles. The second-order valence-electron chi connectivity index (χ2n) is 13.5. The zero-order valence-electron chi connectivity index (χ0n) is 26.3. The van der Waals surface area contributed by atoms with Crippen LogP contribution >= 0.6 is 0 Å². The zero-order chi connectivity index (χ0) is 32.4. The van der Waals surface area contributed by atoms with Crippen molar-refractivity contribution in [2.45, 2.75) is 55.8 Å². The summed E-state index contributed by atoms with van der Waals surface area (Å²) >= 11 is 0. The highest BCUT2D eigenvalue weighted by Gasteiger charge is 2.51. The lowest BCUT2D eigenvalue weighted by Crippen LogP contribution is -2.51. The third kappa shape index (κ3) is 4.98. The van der Waals surface area contributed by atoms with E-state index in [9.17, 15) is 9.50 Å². The van der Waals surface area contributed by atoms with Gasteiger partial charge in [-0.2, -0.15) is 9.97 Å². The minimum absolute atomic E-state index is 0.0300. The van der Waals surface area contributed by atoms with Gasteiger partial charge >= 0.3 is 6.01 Å². The fourth-order valence-corrected chi connectivity index (χ4v) is 8.46. The fraction of sp³-hybridized carbons (Fsp3) is 0.417. The smallest absolute Gasteiger partial charge is 0.319 e. The Kier molecular flexibility index (Phi) is 7.28. The Morgan fingerprint density at radius 2 is 2.00 bits per heavy atom. The zero-order valence-corrected chi connectivity index (χ0v) is 26.3. The quantitative estimate of drug-likeness (QED) is 0.200. The average molecular weight is 638 g/mol. The number of piperazine rings is 1. The van der Waals surface area contributed by atoms with E-state index in [4.69, 9.17) is 16.1 Å². The topological polar surface area (TPSA) is 98.7 Å². The average Bonchev–Trinajstić information content (AvgIpc) is 3.69. The number of aromatic nitrogens is 3. The van der Waals surface area contributed by atoms with Gasteiger partial charge in [-0.1, -0.05) is 24.1 Å². The van der Waals surface area contributed by atoms with Crippen LogP contribution in [0.15, 0.2) is 42.6 Å².